The fourth-order valence-corrected chi connectivity index (χ4v) is 2.69. The van der Waals surface area contributed by atoms with Crippen LogP contribution in [0.1, 0.15) is 31.4 Å². The Morgan fingerprint density at radius 1 is 1.28 bits per heavy atom. The van der Waals surface area contributed by atoms with E-state index >= 15 is 0 Å². The van der Waals surface area contributed by atoms with Gasteiger partial charge in [-0.2, -0.15) is 0 Å². The van der Waals surface area contributed by atoms with Crippen molar-refractivity contribution in [1.82, 2.24) is 5.32 Å². The van der Waals surface area contributed by atoms with Crippen molar-refractivity contribution in [3.05, 3.63) is 34.9 Å². The highest BCUT2D eigenvalue weighted by atomic mass is 35.5. The van der Waals surface area contributed by atoms with Gasteiger partial charge in [-0.15, -0.1) is 0 Å². The normalized spacial score (nSPS) is 13.5. The van der Waals surface area contributed by atoms with E-state index in [1.807, 2.05) is 31.2 Å². The molecule has 0 fully saturated rings. The molecule has 1 atom stereocenters. The summed E-state index contributed by atoms with van der Waals surface area (Å²) in [5.41, 5.74) is 1.15. The summed E-state index contributed by atoms with van der Waals surface area (Å²) in [5, 5.41) is 4.08. The first-order chi connectivity index (χ1) is 8.42. The lowest BCUT2D eigenvalue weighted by molar-refractivity contribution is 0.507. The van der Waals surface area contributed by atoms with E-state index in [4.69, 9.17) is 11.6 Å². The quantitative estimate of drug-likeness (QED) is 0.839. The molecule has 0 bridgehead atoms. The van der Waals surface area contributed by atoms with Gasteiger partial charge in [-0.25, -0.2) is 8.42 Å². The van der Waals surface area contributed by atoms with Gasteiger partial charge in [0.25, 0.3) is 0 Å². The largest absolute Gasteiger partial charge is 0.310 e. The molecule has 0 saturated carbocycles. The maximum atomic E-state index is 11.1. The van der Waals surface area contributed by atoms with Crippen molar-refractivity contribution in [3.63, 3.8) is 0 Å². The van der Waals surface area contributed by atoms with Gasteiger partial charge in [-0.3, -0.25) is 0 Å². The molecule has 102 valence electrons. The first-order valence-corrected chi connectivity index (χ1v) is 8.53. The molecule has 0 aliphatic heterocycles. The highest BCUT2D eigenvalue weighted by molar-refractivity contribution is 7.90. The van der Waals surface area contributed by atoms with E-state index in [1.54, 1.807) is 0 Å². The molecule has 0 aliphatic rings. The minimum atomic E-state index is -2.87. The SMILES string of the molecule is CCNC(CCCS(C)(=O)=O)c1ccc(Cl)cc1. The van der Waals surface area contributed by atoms with Crippen molar-refractivity contribution >= 4 is 21.4 Å². The summed E-state index contributed by atoms with van der Waals surface area (Å²) in [7, 11) is -2.87. The first-order valence-electron chi connectivity index (χ1n) is 6.09. The molecule has 1 N–H and O–H groups in total. The van der Waals surface area contributed by atoms with Crippen molar-refractivity contribution in [3.8, 4) is 0 Å². The van der Waals surface area contributed by atoms with Crippen molar-refractivity contribution < 1.29 is 8.42 Å². The van der Waals surface area contributed by atoms with Gasteiger partial charge in [0.15, 0.2) is 0 Å². The summed E-state index contributed by atoms with van der Waals surface area (Å²) in [6.45, 7) is 2.89. The second-order valence-electron chi connectivity index (χ2n) is 4.43. The Morgan fingerprint density at radius 2 is 1.89 bits per heavy atom. The summed E-state index contributed by atoms with van der Waals surface area (Å²) in [4.78, 5) is 0. The predicted molar refractivity (Wildman–Crippen MR) is 76.8 cm³/mol. The Labute approximate surface area is 114 Å². The molecule has 0 spiro atoms. The summed E-state index contributed by atoms with van der Waals surface area (Å²) < 4.78 is 22.2. The topological polar surface area (TPSA) is 46.2 Å². The van der Waals surface area contributed by atoms with Crippen LogP contribution in [0.3, 0.4) is 0 Å². The third kappa shape index (κ3) is 5.85. The van der Waals surface area contributed by atoms with E-state index in [0.29, 0.717) is 11.4 Å². The van der Waals surface area contributed by atoms with Gasteiger partial charge in [-0.1, -0.05) is 30.7 Å². The van der Waals surface area contributed by atoms with Crippen molar-refractivity contribution in [2.45, 2.75) is 25.8 Å². The van der Waals surface area contributed by atoms with Crippen LogP contribution in [0, 0.1) is 0 Å². The minimum absolute atomic E-state index is 0.189. The van der Waals surface area contributed by atoms with Gasteiger partial charge in [0.1, 0.15) is 9.84 Å². The van der Waals surface area contributed by atoms with Crippen molar-refractivity contribution in [1.29, 1.82) is 0 Å². The van der Waals surface area contributed by atoms with Gasteiger partial charge in [0, 0.05) is 23.1 Å². The summed E-state index contributed by atoms with van der Waals surface area (Å²) >= 11 is 5.86. The van der Waals surface area contributed by atoms with Gasteiger partial charge in [0.2, 0.25) is 0 Å². The lowest BCUT2D eigenvalue weighted by Gasteiger charge is -2.18. The summed E-state index contributed by atoms with van der Waals surface area (Å²) in [6.07, 6.45) is 2.75. The molecule has 1 rings (SSSR count). The van der Waals surface area contributed by atoms with E-state index < -0.39 is 9.84 Å². The lowest BCUT2D eigenvalue weighted by Crippen LogP contribution is -2.21. The molecule has 1 unspecified atom stereocenters. The molecule has 1 aromatic rings. The zero-order valence-corrected chi connectivity index (χ0v) is 12.4. The van der Waals surface area contributed by atoms with Crippen LogP contribution >= 0.6 is 11.6 Å². The number of sulfone groups is 1. The minimum Gasteiger partial charge on any atom is -0.310 e. The van der Waals surface area contributed by atoms with E-state index in [9.17, 15) is 8.42 Å². The number of rotatable bonds is 7. The summed E-state index contributed by atoms with van der Waals surface area (Å²) in [5.74, 6) is 0.239. The third-order valence-corrected chi connectivity index (χ3v) is 4.01. The van der Waals surface area contributed by atoms with Crippen LogP contribution in [0.5, 0.6) is 0 Å². The van der Waals surface area contributed by atoms with Gasteiger partial charge in [-0.05, 0) is 37.1 Å². The molecule has 0 amide bonds. The third-order valence-electron chi connectivity index (χ3n) is 2.73. The second kappa shape index (κ2) is 7.12. The Morgan fingerprint density at radius 3 is 2.39 bits per heavy atom. The smallest absolute Gasteiger partial charge is 0.147 e. The zero-order valence-electron chi connectivity index (χ0n) is 10.8. The maximum absolute atomic E-state index is 11.1. The fourth-order valence-electron chi connectivity index (χ4n) is 1.88. The Kier molecular flexibility index (Phi) is 6.12. The molecule has 0 heterocycles. The molecule has 0 aromatic heterocycles. The molecule has 0 aliphatic carbocycles. The molecular formula is C13H20ClNO2S. The molecule has 3 nitrogen and oxygen atoms in total. The fraction of sp³-hybridized carbons (Fsp3) is 0.538. The highest BCUT2D eigenvalue weighted by Crippen LogP contribution is 2.20. The van der Waals surface area contributed by atoms with E-state index in [2.05, 4.69) is 5.32 Å². The van der Waals surface area contributed by atoms with Crippen molar-refractivity contribution in [2.75, 3.05) is 18.6 Å². The zero-order chi connectivity index (χ0) is 13.6. The Bertz CT molecular complexity index is 456. The maximum Gasteiger partial charge on any atom is 0.147 e. The molecular weight excluding hydrogens is 270 g/mol. The predicted octanol–water partition coefficient (Wildman–Crippen LogP) is 2.82. The van der Waals surface area contributed by atoms with E-state index in [-0.39, 0.29) is 11.8 Å². The monoisotopic (exact) mass is 289 g/mol. The van der Waals surface area contributed by atoms with Crippen LogP contribution in [0.25, 0.3) is 0 Å². The average Bonchev–Trinajstić information content (AvgIpc) is 2.27. The lowest BCUT2D eigenvalue weighted by atomic mass is 10.0. The number of hydrogen-bond donors (Lipinski definition) is 1. The number of benzene rings is 1. The highest BCUT2D eigenvalue weighted by Gasteiger charge is 2.11. The first kappa shape index (κ1) is 15.5. The molecule has 5 heteroatoms. The van der Waals surface area contributed by atoms with Crippen LogP contribution in [0.2, 0.25) is 5.02 Å². The Hall–Kier alpha value is -0.580. The van der Waals surface area contributed by atoms with Gasteiger partial charge in [0.05, 0.1) is 0 Å². The molecule has 0 saturated heterocycles. The average molecular weight is 290 g/mol. The van der Waals surface area contributed by atoms with E-state index in [1.165, 1.54) is 6.26 Å². The van der Waals surface area contributed by atoms with Crippen LogP contribution < -0.4 is 5.32 Å². The van der Waals surface area contributed by atoms with Crippen molar-refractivity contribution in [2.24, 2.45) is 0 Å². The second-order valence-corrected chi connectivity index (χ2v) is 7.13. The number of nitrogens with one attached hydrogen (secondary N) is 1. The van der Waals surface area contributed by atoms with Gasteiger partial charge < -0.3 is 5.32 Å². The van der Waals surface area contributed by atoms with Crippen LogP contribution in [0.4, 0.5) is 0 Å². The number of halogens is 1. The van der Waals surface area contributed by atoms with Crippen LogP contribution in [-0.2, 0) is 9.84 Å². The van der Waals surface area contributed by atoms with Crippen LogP contribution in [0.15, 0.2) is 24.3 Å². The summed E-state index contributed by atoms with van der Waals surface area (Å²) in [6, 6.07) is 7.87. The standard InChI is InChI=1S/C13H20ClNO2S/c1-3-15-13(5-4-10-18(2,16)17)11-6-8-12(14)9-7-11/h6-9,13,15H,3-5,10H2,1-2H3. The van der Waals surface area contributed by atoms with E-state index in [0.717, 1.165) is 18.5 Å². The molecule has 1 aromatic carbocycles. The Balaban J connectivity index is 2.62. The molecule has 0 radical (unpaired) electrons. The number of hydrogen-bond acceptors (Lipinski definition) is 3. The molecule has 18 heavy (non-hydrogen) atoms. The van der Waals surface area contributed by atoms with Gasteiger partial charge >= 0.3 is 0 Å². The van der Waals surface area contributed by atoms with Crippen LogP contribution in [-0.4, -0.2) is 27.0 Å².